The van der Waals surface area contributed by atoms with E-state index >= 15 is 0 Å². The van der Waals surface area contributed by atoms with E-state index in [4.69, 9.17) is 16.3 Å². The van der Waals surface area contributed by atoms with Crippen LogP contribution in [0.4, 0.5) is 4.79 Å². The second-order valence-electron chi connectivity index (χ2n) is 6.58. The van der Waals surface area contributed by atoms with Crippen LogP contribution in [0, 0.1) is 0 Å². The molecule has 2 amide bonds. The number of sulfonamides is 1. The van der Waals surface area contributed by atoms with Gasteiger partial charge in [0.1, 0.15) is 4.21 Å². The van der Waals surface area contributed by atoms with Gasteiger partial charge in [0, 0.05) is 23.0 Å². The van der Waals surface area contributed by atoms with Crippen molar-refractivity contribution in [2.24, 2.45) is 0 Å². The molecule has 0 unspecified atom stereocenters. The van der Waals surface area contributed by atoms with E-state index in [1.165, 1.54) is 15.6 Å². The zero-order valence-corrected chi connectivity index (χ0v) is 18.4. The molecular weight excluding hydrogens is 434 g/mol. The van der Waals surface area contributed by atoms with E-state index in [2.05, 4.69) is 10.6 Å². The summed E-state index contributed by atoms with van der Waals surface area (Å²) in [5.41, 5.74) is 0.974. The van der Waals surface area contributed by atoms with Crippen molar-refractivity contribution in [2.45, 2.75) is 30.1 Å². The highest BCUT2D eigenvalue weighted by Gasteiger charge is 2.27. The maximum atomic E-state index is 12.7. The number of halogens is 1. The molecule has 7 nitrogen and oxygen atoms in total. The molecule has 3 rings (SSSR count). The fourth-order valence-electron chi connectivity index (χ4n) is 3.00. The van der Waals surface area contributed by atoms with Crippen LogP contribution in [-0.4, -0.2) is 45.1 Å². The average Bonchev–Trinajstić information content (AvgIpc) is 3.22. The lowest BCUT2D eigenvalue weighted by atomic mass is 10.1. The van der Waals surface area contributed by atoms with Crippen molar-refractivity contribution in [1.82, 2.24) is 14.9 Å². The molecule has 29 heavy (non-hydrogen) atoms. The van der Waals surface area contributed by atoms with E-state index in [1.807, 2.05) is 19.1 Å². The van der Waals surface area contributed by atoms with Gasteiger partial charge < -0.3 is 15.4 Å². The quantitative estimate of drug-likeness (QED) is 0.667. The summed E-state index contributed by atoms with van der Waals surface area (Å²) >= 11 is 7.09. The van der Waals surface area contributed by atoms with Gasteiger partial charge in [0.05, 0.1) is 25.8 Å². The first-order valence-corrected chi connectivity index (χ1v) is 12.0. The summed E-state index contributed by atoms with van der Waals surface area (Å²) in [5, 5.41) is 6.37. The second-order valence-corrected chi connectivity index (χ2v) is 10.3. The number of benzene rings is 1. The summed E-state index contributed by atoms with van der Waals surface area (Å²) in [6, 6.07) is 10.2. The van der Waals surface area contributed by atoms with E-state index in [0.29, 0.717) is 31.3 Å². The highest BCUT2D eigenvalue weighted by molar-refractivity contribution is 7.91. The van der Waals surface area contributed by atoms with E-state index in [1.54, 1.807) is 24.3 Å². The smallest absolute Gasteiger partial charge is 0.315 e. The van der Waals surface area contributed by atoms with Gasteiger partial charge in [0.2, 0.25) is 0 Å². The van der Waals surface area contributed by atoms with Gasteiger partial charge in [-0.05, 0) is 36.2 Å². The lowest BCUT2D eigenvalue weighted by Gasteiger charge is -2.25. The lowest BCUT2D eigenvalue weighted by Crippen LogP contribution is -2.40. The van der Waals surface area contributed by atoms with E-state index in [0.717, 1.165) is 16.9 Å². The number of carbonyl (C=O) groups excluding carboxylic acids is 1. The van der Waals surface area contributed by atoms with Crippen molar-refractivity contribution in [3.05, 3.63) is 51.9 Å². The van der Waals surface area contributed by atoms with Gasteiger partial charge >= 0.3 is 6.03 Å². The van der Waals surface area contributed by atoms with E-state index in [-0.39, 0.29) is 22.8 Å². The zero-order chi connectivity index (χ0) is 20.9. The molecule has 0 aliphatic carbocycles. The van der Waals surface area contributed by atoms with E-state index in [9.17, 15) is 13.2 Å². The molecule has 1 aromatic heterocycles. The minimum atomic E-state index is -3.51. The first kappa shape index (κ1) is 22.0. The molecule has 1 aliphatic rings. The Balaban J connectivity index is 1.56. The normalized spacial score (nSPS) is 16.3. The van der Waals surface area contributed by atoms with Crippen molar-refractivity contribution < 1.29 is 17.9 Å². The Labute approximate surface area is 180 Å². The van der Waals surface area contributed by atoms with Crippen LogP contribution in [0.1, 0.15) is 29.8 Å². The highest BCUT2D eigenvalue weighted by Crippen LogP contribution is 2.25. The van der Waals surface area contributed by atoms with Crippen LogP contribution in [0.2, 0.25) is 5.02 Å². The summed E-state index contributed by atoms with van der Waals surface area (Å²) in [7, 11) is -3.51. The summed E-state index contributed by atoms with van der Waals surface area (Å²) in [4.78, 5) is 13.1. The van der Waals surface area contributed by atoms with Gasteiger partial charge in [0.15, 0.2) is 0 Å². The minimum absolute atomic E-state index is 0.132. The number of carbonyl (C=O) groups is 1. The largest absolute Gasteiger partial charge is 0.379 e. The Morgan fingerprint density at radius 3 is 2.55 bits per heavy atom. The molecule has 0 saturated carbocycles. The average molecular weight is 458 g/mol. The maximum absolute atomic E-state index is 12.7. The number of thiophene rings is 1. The van der Waals surface area contributed by atoms with Crippen molar-refractivity contribution in [1.29, 1.82) is 0 Å². The Hall–Kier alpha value is -1.65. The fourth-order valence-corrected chi connectivity index (χ4v) is 5.98. The monoisotopic (exact) mass is 457 g/mol. The summed E-state index contributed by atoms with van der Waals surface area (Å²) in [5.74, 6) is 0. The Morgan fingerprint density at radius 1 is 1.21 bits per heavy atom. The molecule has 1 fully saturated rings. The molecular formula is C19H24ClN3O4S2. The van der Waals surface area contributed by atoms with Crippen LogP contribution >= 0.6 is 22.9 Å². The molecule has 10 heteroatoms. The zero-order valence-electron chi connectivity index (χ0n) is 16.1. The van der Waals surface area contributed by atoms with Gasteiger partial charge in [0.25, 0.3) is 10.0 Å². The number of hydrogen-bond donors (Lipinski definition) is 2. The van der Waals surface area contributed by atoms with Gasteiger partial charge in [-0.15, -0.1) is 11.3 Å². The van der Waals surface area contributed by atoms with Gasteiger partial charge in [-0.25, -0.2) is 13.2 Å². The number of urea groups is 1. The number of rotatable bonds is 7. The predicted octanol–water partition coefficient (Wildman–Crippen LogP) is 3.37. The molecule has 1 saturated heterocycles. The fraction of sp³-hybridized carbons (Fsp3) is 0.421. The molecule has 1 aromatic carbocycles. The number of amides is 2. The van der Waals surface area contributed by atoms with Gasteiger partial charge in [-0.2, -0.15) is 4.31 Å². The number of nitrogens with zero attached hydrogens (tertiary/aromatic N) is 1. The van der Waals surface area contributed by atoms with Crippen LogP contribution in [-0.2, 0) is 21.3 Å². The molecule has 1 aliphatic heterocycles. The molecule has 0 spiro atoms. The number of morpholine rings is 1. The topological polar surface area (TPSA) is 87.7 Å². The second kappa shape index (κ2) is 9.90. The van der Waals surface area contributed by atoms with Crippen LogP contribution < -0.4 is 10.6 Å². The molecule has 0 radical (unpaired) electrons. The minimum Gasteiger partial charge on any atom is -0.379 e. The first-order chi connectivity index (χ1) is 13.9. The summed E-state index contributed by atoms with van der Waals surface area (Å²) < 4.78 is 32.3. The summed E-state index contributed by atoms with van der Waals surface area (Å²) in [6.07, 6.45) is 0.732. The third-order valence-electron chi connectivity index (χ3n) is 4.61. The number of hydrogen-bond acceptors (Lipinski definition) is 5. The van der Waals surface area contributed by atoms with Crippen LogP contribution in [0.3, 0.4) is 0 Å². The van der Waals surface area contributed by atoms with Crippen LogP contribution in [0.5, 0.6) is 0 Å². The SMILES string of the molecule is CC[C@H](NC(=O)NCc1ccc(S(=O)(=O)N2CCOCC2)s1)c1ccc(Cl)cc1. The van der Waals surface area contributed by atoms with Crippen molar-refractivity contribution in [3.8, 4) is 0 Å². The molecule has 2 N–H and O–H groups in total. The molecule has 2 aromatic rings. The van der Waals surface area contributed by atoms with Crippen molar-refractivity contribution in [3.63, 3.8) is 0 Å². The Kier molecular flexibility index (Phi) is 7.53. The number of ether oxygens (including phenoxy) is 1. The van der Waals surface area contributed by atoms with Gasteiger partial charge in [-0.1, -0.05) is 30.7 Å². The first-order valence-electron chi connectivity index (χ1n) is 9.36. The molecule has 1 atom stereocenters. The molecule has 158 valence electrons. The third-order valence-corrected chi connectivity index (χ3v) is 8.31. The Bertz CT molecular complexity index is 925. The van der Waals surface area contributed by atoms with Crippen LogP contribution in [0.15, 0.2) is 40.6 Å². The van der Waals surface area contributed by atoms with E-state index < -0.39 is 10.0 Å². The van der Waals surface area contributed by atoms with Crippen LogP contribution in [0.25, 0.3) is 0 Å². The lowest BCUT2D eigenvalue weighted by molar-refractivity contribution is 0.0731. The maximum Gasteiger partial charge on any atom is 0.315 e. The standard InChI is InChI=1S/C19H24ClN3O4S2/c1-2-17(14-3-5-15(20)6-4-14)22-19(24)21-13-16-7-8-18(28-16)29(25,26)23-9-11-27-12-10-23/h3-8,17H,2,9-13H2,1H3,(H2,21,22,24)/t17-/m0/s1. The van der Waals surface area contributed by atoms with Gasteiger partial charge in [-0.3, -0.25) is 0 Å². The Morgan fingerprint density at radius 2 is 1.90 bits per heavy atom. The third kappa shape index (κ3) is 5.70. The molecule has 2 heterocycles. The highest BCUT2D eigenvalue weighted by atomic mass is 35.5. The number of nitrogens with one attached hydrogen (secondary N) is 2. The molecule has 0 bridgehead atoms. The van der Waals surface area contributed by atoms with Crippen molar-refractivity contribution in [2.75, 3.05) is 26.3 Å². The predicted molar refractivity (Wildman–Crippen MR) is 114 cm³/mol. The summed E-state index contributed by atoms with van der Waals surface area (Å²) in [6.45, 7) is 3.78. The van der Waals surface area contributed by atoms with Crippen molar-refractivity contribution >= 4 is 39.0 Å².